The molecule has 0 saturated carbocycles. The third-order valence-electron chi connectivity index (χ3n) is 6.74. The lowest BCUT2D eigenvalue weighted by Gasteiger charge is -2.32. The summed E-state index contributed by atoms with van der Waals surface area (Å²) < 4.78 is 7.26. The van der Waals surface area contributed by atoms with Gasteiger partial charge in [-0.25, -0.2) is 4.98 Å². The molecule has 0 aliphatic rings. The number of amides is 1. The van der Waals surface area contributed by atoms with E-state index in [1.165, 1.54) is 0 Å². The SMILES string of the molecule is CCc1ccc(-n2c(C(CC)N(Cc3ccco3)C(=O)c3ccccc3Cl)nc3ccccc3c2=O)cc1. The highest BCUT2D eigenvalue weighted by molar-refractivity contribution is 6.33. The van der Waals surface area contributed by atoms with Gasteiger partial charge in [-0.05, 0) is 66.9 Å². The monoisotopic (exact) mass is 525 g/mol. The zero-order chi connectivity index (χ0) is 26.6. The van der Waals surface area contributed by atoms with Crippen molar-refractivity contribution in [2.24, 2.45) is 0 Å². The molecule has 0 aliphatic carbocycles. The molecular formula is C31H28ClN3O3. The maximum atomic E-state index is 14.0. The number of aromatic nitrogens is 2. The number of rotatable bonds is 8. The Morgan fingerprint density at radius 3 is 2.39 bits per heavy atom. The van der Waals surface area contributed by atoms with E-state index in [4.69, 9.17) is 21.0 Å². The molecule has 1 amide bonds. The van der Waals surface area contributed by atoms with Gasteiger partial charge in [-0.2, -0.15) is 0 Å². The quantitative estimate of drug-likeness (QED) is 0.219. The number of hydrogen-bond acceptors (Lipinski definition) is 4. The first-order valence-electron chi connectivity index (χ1n) is 12.7. The van der Waals surface area contributed by atoms with Gasteiger partial charge in [0.2, 0.25) is 0 Å². The molecule has 1 unspecified atom stereocenters. The zero-order valence-electron chi connectivity index (χ0n) is 21.3. The average Bonchev–Trinajstić information content (AvgIpc) is 3.46. The van der Waals surface area contributed by atoms with Gasteiger partial charge in [-0.3, -0.25) is 14.2 Å². The lowest BCUT2D eigenvalue weighted by molar-refractivity contribution is 0.0624. The van der Waals surface area contributed by atoms with E-state index >= 15 is 0 Å². The normalized spacial score (nSPS) is 12.0. The van der Waals surface area contributed by atoms with Crippen LogP contribution in [0.2, 0.25) is 5.02 Å². The molecule has 0 fully saturated rings. The number of carbonyl (C=O) groups is 1. The number of nitrogens with zero attached hydrogens (tertiary/aromatic N) is 3. The summed E-state index contributed by atoms with van der Waals surface area (Å²) in [5, 5.41) is 0.872. The Kier molecular flexibility index (Phi) is 7.43. The second-order valence-electron chi connectivity index (χ2n) is 9.06. The van der Waals surface area contributed by atoms with Crippen LogP contribution in [0.5, 0.6) is 0 Å². The fraction of sp³-hybridized carbons (Fsp3) is 0.194. The molecule has 192 valence electrons. The molecule has 0 spiro atoms. The number of halogens is 1. The second kappa shape index (κ2) is 11.1. The number of benzene rings is 3. The molecule has 7 heteroatoms. The number of carbonyl (C=O) groups excluding carboxylic acids is 1. The molecule has 2 aromatic heterocycles. The van der Waals surface area contributed by atoms with E-state index in [9.17, 15) is 9.59 Å². The molecular weight excluding hydrogens is 498 g/mol. The van der Waals surface area contributed by atoms with Crippen LogP contribution in [0.1, 0.15) is 53.8 Å². The fourth-order valence-electron chi connectivity index (χ4n) is 4.73. The van der Waals surface area contributed by atoms with Gasteiger partial charge in [-0.1, -0.05) is 61.8 Å². The van der Waals surface area contributed by atoms with Gasteiger partial charge in [0.1, 0.15) is 11.6 Å². The van der Waals surface area contributed by atoms with E-state index in [2.05, 4.69) is 6.92 Å². The Morgan fingerprint density at radius 2 is 1.71 bits per heavy atom. The highest BCUT2D eigenvalue weighted by atomic mass is 35.5. The smallest absolute Gasteiger partial charge is 0.266 e. The minimum absolute atomic E-state index is 0.184. The summed E-state index contributed by atoms with van der Waals surface area (Å²) in [4.78, 5) is 34.6. The zero-order valence-corrected chi connectivity index (χ0v) is 22.1. The Bertz CT molecular complexity index is 1630. The van der Waals surface area contributed by atoms with Crippen LogP contribution in [0.3, 0.4) is 0 Å². The van der Waals surface area contributed by atoms with Gasteiger partial charge in [-0.15, -0.1) is 0 Å². The van der Waals surface area contributed by atoms with Crippen LogP contribution in [-0.2, 0) is 13.0 Å². The minimum atomic E-state index is -0.549. The van der Waals surface area contributed by atoms with Crippen molar-refractivity contribution in [2.45, 2.75) is 39.3 Å². The molecule has 5 aromatic rings. The second-order valence-corrected chi connectivity index (χ2v) is 9.47. The van der Waals surface area contributed by atoms with Gasteiger partial charge in [0.15, 0.2) is 0 Å². The van der Waals surface area contributed by atoms with Gasteiger partial charge >= 0.3 is 0 Å². The lowest BCUT2D eigenvalue weighted by atomic mass is 10.1. The predicted molar refractivity (Wildman–Crippen MR) is 150 cm³/mol. The minimum Gasteiger partial charge on any atom is -0.467 e. The summed E-state index contributed by atoms with van der Waals surface area (Å²) in [7, 11) is 0. The van der Waals surface area contributed by atoms with Crippen LogP contribution in [0.15, 0.2) is 100 Å². The van der Waals surface area contributed by atoms with Crippen LogP contribution in [0, 0.1) is 0 Å². The van der Waals surface area contributed by atoms with Crippen molar-refractivity contribution in [3.63, 3.8) is 0 Å². The summed E-state index contributed by atoms with van der Waals surface area (Å²) in [6.45, 7) is 4.25. The number of furan rings is 1. The lowest BCUT2D eigenvalue weighted by Crippen LogP contribution is -2.38. The third kappa shape index (κ3) is 4.87. The third-order valence-corrected chi connectivity index (χ3v) is 7.07. The van der Waals surface area contributed by atoms with Crippen molar-refractivity contribution >= 4 is 28.4 Å². The summed E-state index contributed by atoms with van der Waals surface area (Å²) in [5.41, 5.74) is 2.63. The Hall–Kier alpha value is -4.16. The van der Waals surface area contributed by atoms with E-state index < -0.39 is 6.04 Å². The molecule has 0 aliphatic heterocycles. The van der Waals surface area contributed by atoms with Crippen LogP contribution in [-0.4, -0.2) is 20.4 Å². The summed E-state index contributed by atoms with van der Waals surface area (Å²) in [6, 6.07) is 25.2. The van der Waals surface area contributed by atoms with Crippen LogP contribution < -0.4 is 5.56 Å². The number of hydrogen-bond donors (Lipinski definition) is 0. The van der Waals surface area contributed by atoms with Crippen LogP contribution >= 0.6 is 11.6 Å². The maximum Gasteiger partial charge on any atom is 0.266 e. The van der Waals surface area contributed by atoms with E-state index in [1.54, 1.807) is 52.1 Å². The largest absolute Gasteiger partial charge is 0.467 e. The van der Waals surface area contributed by atoms with E-state index in [0.717, 1.165) is 12.0 Å². The maximum absolute atomic E-state index is 14.0. The van der Waals surface area contributed by atoms with E-state index in [0.29, 0.717) is 45.2 Å². The van der Waals surface area contributed by atoms with Gasteiger partial charge in [0, 0.05) is 0 Å². The fourth-order valence-corrected chi connectivity index (χ4v) is 4.95. The van der Waals surface area contributed by atoms with Crippen LogP contribution in [0.4, 0.5) is 0 Å². The molecule has 6 nitrogen and oxygen atoms in total. The molecule has 0 bridgehead atoms. The molecule has 0 radical (unpaired) electrons. The van der Waals surface area contributed by atoms with Crippen molar-refractivity contribution in [2.75, 3.05) is 0 Å². The summed E-state index contributed by atoms with van der Waals surface area (Å²) in [6.07, 6.45) is 2.97. The van der Waals surface area contributed by atoms with E-state index in [1.807, 2.05) is 55.5 Å². The Labute approximate surface area is 226 Å². The first-order valence-corrected chi connectivity index (χ1v) is 13.1. The topological polar surface area (TPSA) is 68.3 Å². The molecule has 0 saturated heterocycles. The number of aryl methyl sites for hydroxylation is 1. The van der Waals surface area contributed by atoms with E-state index in [-0.39, 0.29) is 18.0 Å². The first-order chi connectivity index (χ1) is 18.5. The van der Waals surface area contributed by atoms with Gasteiger partial charge in [0.05, 0.1) is 46.0 Å². The van der Waals surface area contributed by atoms with Crippen LogP contribution in [0.25, 0.3) is 16.6 Å². The van der Waals surface area contributed by atoms with Gasteiger partial charge in [0.25, 0.3) is 11.5 Å². The van der Waals surface area contributed by atoms with Crippen molar-refractivity contribution in [3.8, 4) is 5.69 Å². The predicted octanol–water partition coefficient (Wildman–Crippen LogP) is 6.99. The van der Waals surface area contributed by atoms with Gasteiger partial charge < -0.3 is 9.32 Å². The highest BCUT2D eigenvalue weighted by Crippen LogP contribution is 2.30. The Morgan fingerprint density at radius 1 is 0.974 bits per heavy atom. The molecule has 1 atom stereocenters. The molecule has 0 N–H and O–H groups in total. The molecule has 2 heterocycles. The average molecular weight is 526 g/mol. The standard InChI is InChI=1S/C31H28ClN3O3/c1-3-21-15-17-22(18-16-21)35-29(33-27-14-8-6-12-25(27)31(35)37)28(4-2)34(20-23-10-9-19-38-23)30(36)24-11-5-7-13-26(24)32/h5-19,28H,3-4,20H2,1-2H3. The summed E-state index contributed by atoms with van der Waals surface area (Å²) >= 11 is 6.46. The number of fused-ring (bicyclic) bond motifs is 1. The van der Waals surface area contributed by atoms with Crippen molar-refractivity contribution < 1.29 is 9.21 Å². The van der Waals surface area contributed by atoms with Crippen molar-refractivity contribution in [3.05, 3.63) is 129 Å². The Balaban J connectivity index is 1.73. The highest BCUT2D eigenvalue weighted by Gasteiger charge is 2.31. The van der Waals surface area contributed by atoms with Crippen molar-refractivity contribution in [1.82, 2.24) is 14.5 Å². The summed E-state index contributed by atoms with van der Waals surface area (Å²) in [5.74, 6) is 0.826. The number of para-hydroxylation sites is 1. The molecule has 5 rings (SSSR count). The molecule has 3 aromatic carbocycles. The van der Waals surface area contributed by atoms with Crippen molar-refractivity contribution in [1.29, 1.82) is 0 Å². The first kappa shape index (κ1) is 25.5. The molecule has 38 heavy (non-hydrogen) atoms.